The van der Waals surface area contributed by atoms with E-state index in [0.717, 1.165) is 22.4 Å². The first-order valence-electron chi connectivity index (χ1n) is 14.2. The van der Waals surface area contributed by atoms with Crippen molar-refractivity contribution >= 4 is 28.8 Å². The Morgan fingerprint density at radius 3 is 2.36 bits per heavy atom. The maximum absolute atomic E-state index is 13.5. The van der Waals surface area contributed by atoms with E-state index >= 15 is 0 Å². The number of hydrogen-bond donors (Lipinski definition) is 1. The predicted octanol–water partition coefficient (Wildman–Crippen LogP) is 5.75. The quantitative estimate of drug-likeness (QED) is 0.192. The van der Waals surface area contributed by atoms with E-state index in [9.17, 15) is 9.59 Å². The number of amidine groups is 1. The van der Waals surface area contributed by atoms with E-state index < -0.39 is 12.0 Å². The van der Waals surface area contributed by atoms with Crippen LogP contribution < -0.4 is 14.8 Å². The Morgan fingerprint density at radius 2 is 1.66 bits per heavy atom. The molecule has 10 heteroatoms. The molecule has 0 saturated carbocycles. The number of benzene rings is 3. The van der Waals surface area contributed by atoms with Gasteiger partial charge >= 0.3 is 5.97 Å². The van der Waals surface area contributed by atoms with Crippen molar-refractivity contribution in [3.8, 4) is 11.5 Å². The fraction of sp³-hybridized carbons (Fsp3) is 0.265. The van der Waals surface area contributed by atoms with E-state index in [1.807, 2.05) is 89.2 Å². The highest BCUT2D eigenvalue weighted by Crippen LogP contribution is 2.46. The summed E-state index contributed by atoms with van der Waals surface area (Å²) in [6.07, 6.45) is 0.107. The number of aliphatic imine (C=N–C) groups is 1. The van der Waals surface area contributed by atoms with Gasteiger partial charge < -0.3 is 29.2 Å². The van der Waals surface area contributed by atoms with Gasteiger partial charge in [-0.1, -0.05) is 78.5 Å². The Labute approximate surface area is 261 Å². The monoisotopic (exact) mass is 613 g/mol. The number of rotatable bonds is 13. The highest BCUT2D eigenvalue weighted by Gasteiger charge is 2.41. The fourth-order valence-corrected chi connectivity index (χ4v) is 5.94. The van der Waals surface area contributed by atoms with Crippen LogP contribution in [0.4, 0.5) is 0 Å². The number of fused-ring (bicyclic) bond motifs is 1. The normalized spacial score (nSPS) is 15.7. The molecule has 3 aromatic carbocycles. The summed E-state index contributed by atoms with van der Waals surface area (Å²) in [4.78, 5) is 33.3. The standard InChI is InChI=1S/C34H35N3O6S/c1-23-31(33(39)42-17-16-40-2)32(26-14-15-28(29(18-26)41-3)43-21-25-12-8-5-9-13-25)37-27(22-44-34(37)36-23)19-30(38)35-20-24-10-6-4-7-11-24/h4-15,18,22,32H,16-17,19-21H2,1-3H3,(H,35,38). The van der Waals surface area contributed by atoms with E-state index in [0.29, 0.717) is 41.1 Å². The minimum atomic E-state index is -0.613. The van der Waals surface area contributed by atoms with Crippen molar-refractivity contribution in [1.82, 2.24) is 10.2 Å². The van der Waals surface area contributed by atoms with Crippen molar-refractivity contribution < 1.29 is 28.5 Å². The Kier molecular flexibility index (Phi) is 10.4. The van der Waals surface area contributed by atoms with E-state index in [1.165, 1.54) is 11.8 Å². The lowest BCUT2D eigenvalue weighted by Crippen LogP contribution is -2.38. The van der Waals surface area contributed by atoms with Crippen LogP contribution in [0, 0.1) is 0 Å². The highest BCUT2D eigenvalue weighted by atomic mass is 32.2. The van der Waals surface area contributed by atoms with Crippen molar-refractivity contribution in [2.24, 2.45) is 4.99 Å². The van der Waals surface area contributed by atoms with E-state index in [4.69, 9.17) is 23.9 Å². The molecule has 1 N–H and O–H groups in total. The largest absolute Gasteiger partial charge is 0.493 e. The van der Waals surface area contributed by atoms with Crippen molar-refractivity contribution in [3.63, 3.8) is 0 Å². The number of carbonyl (C=O) groups excluding carboxylic acids is 2. The smallest absolute Gasteiger partial charge is 0.338 e. The topological polar surface area (TPSA) is 98.7 Å². The molecule has 0 aliphatic carbocycles. The molecular formula is C34H35N3O6S. The molecule has 1 amide bonds. The van der Waals surface area contributed by atoms with Crippen LogP contribution in [0.15, 0.2) is 106 Å². The predicted molar refractivity (Wildman–Crippen MR) is 170 cm³/mol. The van der Waals surface area contributed by atoms with E-state index in [1.54, 1.807) is 21.1 Å². The Bertz CT molecular complexity index is 1570. The second-order valence-electron chi connectivity index (χ2n) is 10.1. The summed E-state index contributed by atoms with van der Waals surface area (Å²) < 4.78 is 22.5. The first kappa shape index (κ1) is 30.9. The summed E-state index contributed by atoms with van der Waals surface area (Å²) in [5, 5.41) is 5.58. The molecule has 0 aromatic heterocycles. The van der Waals surface area contributed by atoms with Gasteiger partial charge in [-0.3, -0.25) is 4.79 Å². The molecule has 2 aliphatic rings. The summed E-state index contributed by atoms with van der Waals surface area (Å²) in [6, 6.07) is 24.6. The molecule has 5 rings (SSSR count). The molecule has 3 aromatic rings. The number of allylic oxidation sites excluding steroid dienone is 1. The minimum Gasteiger partial charge on any atom is -0.493 e. The Hall–Kier alpha value is -4.54. The van der Waals surface area contributed by atoms with Crippen molar-refractivity contribution in [2.75, 3.05) is 27.4 Å². The molecule has 2 heterocycles. The van der Waals surface area contributed by atoms with E-state index in [-0.39, 0.29) is 25.5 Å². The molecule has 1 atom stereocenters. The van der Waals surface area contributed by atoms with Gasteiger partial charge in [0.15, 0.2) is 16.7 Å². The molecule has 0 spiro atoms. The maximum Gasteiger partial charge on any atom is 0.338 e. The Balaban J connectivity index is 1.43. The van der Waals surface area contributed by atoms with Crippen LogP contribution in [0.1, 0.15) is 36.1 Å². The van der Waals surface area contributed by atoms with Crippen molar-refractivity contribution in [1.29, 1.82) is 0 Å². The van der Waals surface area contributed by atoms with Gasteiger partial charge in [-0.05, 0) is 41.2 Å². The number of thioether (sulfide) groups is 1. The average molecular weight is 614 g/mol. The lowest BCUT2D eigenvalue weighted by Gasteiger charge is -2.36. The van der Waals surface area contributed by atoms with Gasteiger partial charge in [0.25, 0.3) is 0 Å². The summed E-state index contributed by atoms with van der Waals surface area (Å²) >= 11 is 1.42. The fourth-order valence-electron chi connectivity index (χ4n) is 4.97. The molecule has 0 saturated heterocycles. The molecule has 0 bridgehead atoms. The molecular weight excluding hydrogens is 578 g/mol. The highest BCUT2D eigenvalue weighted by molar-refractivity contribution is 8.16. The number of nitrogens with zero attached hydrogens (tertiary/aromatic N) is 2. The molecule has 228 valence electrons. The van der Waals surface area contributed by atoms with Crippen LogP contribution >= 0.6 is 11.8 Å². The molecule has 0 radical (unpaired) electrons. The van der Waals surface area contributed by atoms with Gasteiger partial charge in [-0.2, -0.15) is 0 Å². The van der Waals surface area contributed by atoms with Gasteiger partial charge in [-0.25, -0.2) is 9.79 Å². The number of carbonyl (C=O) groups is 2. The number of ether oxygens (including phenoxy) is 4. The van der Waals surface area contributed by atoms with Gasteiger partial charge in [0.1, 0.15) is 13.2 Å². The second-order valence-corrected chi connectivity index (χ2v) is 11.0. The lowest BCUT2D eigenvalue weighted by molar-refractivity contribution is -0.141. The third-order valence-electron chi connectivity index (χ3n) is 7.16. The number of methoxy groups -OCH3 is 2. The molecule has 1 unspecified atom stereocenters. The summed E-state index contributed by atoms with van der Waals surface area (Å²) in [5.41, 5.74) is 4.45. The van der Waals surface area contributed by atoms with Crippen LogP contribution in [0.25, 0.3) is 0 Å². The van der Waals surface area contributed by atoms with Crippen molar-refractivity contribution in [2.45, 2.75) is 32.5 Å². The molecule has 0 fully saturated rings. The summed E-state index contributed by atoms with van der Waals surface area (Å²) in [6.45, 7) is 2.96. The minimum absolute atomic E-state index is 0.102. The zero-order valence-corrected chi connectivity index (χ0v) is 25.8. The molecule has 9 nitrogen and oxygen atoms in total. The van der Waals surface area contributed by atoms with Crippen LogP contribution in [-0.4, -0.2) is 49.4 Å². The van der Waals surface area contributed by atoms with Gasteiger partial charge in [-0.15, -0.1) is 0 Å². The van der Waals surface area contributed by atoms with Crippen LogP contribution in [0.2, 0.25) is 0 Å². The van der Waals surface area contributed by atoms with Crippen molar-refractivity contribution in [3.05, 3.63) is 118 Å². The zero-order chi connectivity index (χ0) is 30.9. The maximum atomic E-state index is 13.5. The number of nitrogens with one attached hydrogen (secondary N) is 1. The third kappa shape index (κ3) is 7.32. The molecule has 44 heavy (non-hydrogen) atoms. The van der Waals surface area contributed by atoms with Crippen LogP contribution in [0.3, 0.4) is 0 Å². The second kappa shape index (κ2) is 14.8. The summed E-state index contributed by atoms with van der Waals surface area (Å²) in [7, 11) is 3.13. The van der Waals surface area contributed by atoms with Crippen LogP contribution in [-0.2, 0) is 32.2 Å². The third-order valence-corrected chi connectivity index (χ3v) is 8.04. The van der Waals surface area contributed by atoms with Crippen LogP contribution in [0.5, 0.6) is 11.5 Å². The number of amides is 1. The average Bonchev–Trinajstić information content (AvgIpc) is 3.44. The number of hydrogen-bond acceptors (Lipinski definition) is 9. The zero-order valence-electron chi connectivity index (χ0n) is 24.9. The summed E-state index contributed by atoms with van der Waals surface area (Å²) in [5.74, 6) is 0.450. The Morgan fingerprint density at radius 1 is 0.932 bits per heavy atom. The SMILES string of the molecule is COCCOC(=O)C1=C(C)N=C2SC=C(CC(=O)NCc3ccccc3)N2C1c1ccc(OCc2ccccc2)c(OC)c1. The first-order chi connectivity index (χ1) is 21.5. The van der Waals surface area contributed by atoms with Gasteiger partial charge in [0.05, 0.1) is 37.4 Å². The first-order valence-corrected chi connectivity index (χ1v) is 15.1. The lowest BCUT2D eigenvalue weighted by atomic mass is 9.93. The van der Waals surface area contributed by atoms with Gasteiger partial charge in [0, 0.05) is 19.4 Å². The molecule has 2 aliphatic heterocycles. The van der Waals surface area contributed by atoms with E-state index in [2.05, 4.69) is 5.32 Å². The van der Waals surface area contributed by atoms with Gasteiger partial charge in [0.2, 0.25) is 5.91 Å². The number of esters is 1.